The number of phenolic OH excluding ortho intramolecular Hbond substituents is 1. The van der Waals surface area contributed by atoms with Gasteiger partial charge in [-0.25, -0.2) is 0 Å². The van der Waals surface area contributed by atoms with Gasteiger partial charge < -0.3 is 73.2 Å². The molecule has 670 valence electrons. The second kappa shape index (κ2) is 37.7. The lowest BCUT2D eigenvalue weighted by Gasteiger charge is -2.51. The number of aldehydes is 1. The Morgan fingerprint density at radius 1 is 0.613 bits per heavy atom. The van der Waals surface area contributed by atoms with Crippen molar-refractivity contribution in [3.63, 3.8) is 0 Å². The van der Waals surface area contributed by atoms with E-state index in [1.54, 1.807) is 62.8 Å². The van der Waals surface area contributed by atoms with E-state index in [0.29, 0.717) is 122 Å². The third-order valence-corrected chi connectivity index (χ3v) is 28.2. The van der Waals surface area contributed by atoms with Gasteiger partial charge in [0.1, 0.15) is 82.2 Å². The molecule has 4 aromatic carbocycles. The summed E-state index contributed by atoms with van der Waals surface area (Å²) >= 11 is 0. The molecular weight excluding hydrogens is 1570 g/mol. The molecule has 0 spiro atoms. The fourth-order valence-electron chi connectivity index (χ4n) is 21.0. The minimum absolute atomic E-state index is 0.0129. The molecule has 0 bridgehead atoms. The van der Waals surface area contributed by atoms with Crippen LogP contribution in [0, 0.1) is 39.4 Å². The van der Waals surface area contributed by atoms with Crippen LogP contribution in [0.4, 0.5) is 0 Å². The van der Waals surface area contributed by atoms with Gasteiger partial charge in [-0.05, 0) is 251 Å². The zero-order valence-corrected chi connectivity index (χ0v) is 76.3. The number of esters is 1. The summed E-state index contributed by atoms with van der Waals surface area (Å²) in [6, 6.07) is 18.6. The molecule has 11 aliphatic rings. The van der Waals surface area contributed by atoms with Gasteiger partial charge in [0.2, 0.25) is 0 Å². The Morgan fingerprint density at radius 2 is 1.14 bits per heavy atom. The maximum atomic E-state index is 13.7. The van der Waals surface area contributed by atoms with Crippen molar-refractivity contribution < 1.29 is 97.0 Å². The second-order valence-corrected chi connectivity index (χ2v) is 38.9. The van der Waals surface area contributed by atoms with E-state index in [0.717, 1.165) is 99.1 Å². The van der Waals surface area contributed by atoms with Crippen molar-refractivity contribution in [1.29, 1.82) is 0 Å². The van der Waals surface area contributed by atoms with Crippen molar-refractivity contribution >= 4 is 41.4 Å². The predicted molar refractivity (Wildman–Crippen MR) is 473 cm³/mol. The molecule has 14 atom stereocenters. The van der Waals surface area contributed by atoms with Gasteiger partial charge in [-0.1, -0.05) is 112 Å². The molecule has 22 heteroatoms. The zero-order chi connectivity index (χ0) is 90.2. The first kappa shape index (κ1) is 93.9. The number of phenols is 1. The lowest BCUT2D eigenvalue weighted by atomic mass is 9.54. The van der Waals surface area contributed by atoms with Crippen molar-refractivity contribution in [2.24, 2.45) is 39.4 Å². The number of aliphatic hydroxyl groups excluding tert-OH is 4. The van der Waals surface area contributed by atoms with E-state index < -0.39 is 64.8 Å². The van der Waals surface area contributed by atoms with Crippen molar-refractivity contribution in [3.05, 3.63) is 186 Å². The third-order valence-electron chi connectivity index (χ3n) is 28.2. The van der Waals surface area contributed by atoms with Crippen molar-refractivity contribution in [1.82, 2.24) is 9.80 Å². The van der Waals surface area contributed by atoms with E-state index in [2.05, 4.69) is 54.5 Å². The highest BCUT2D eigenvalue weighted by Crippen LogP contribution is 2.64. The smallest absolute Gasteiger partial charge is 0.303 e. The number of allylic oxidation sites excluding steroid dienone is 9. The first-order valence-electron chi connectivity index (χ1n) is 44.4. The second-order valence-electron chi connectivity index (χ2n) is 38.9. The number of ether oxygens (including phenoxy) is 8. The molecule has 5 heterocycles. The number of aromatic hydroxyl groups is 1. The summed E-state index contributed by atoms with van der Waals surface area (Å²) in [6.07, 6.45) is 15.4. The maximum absolute atomic E-state index is 13.7. The average Bonchev–Trinajstić information content (AvgIpc) is 1.55. The molecular formula is C102H132N2O20. The van der Waals surface area contributed by atoms with Gasteiger partial charge in [0, 0.05) is 77.9 Å². The summed E-state index contributed by atoms with van der Waals surface area (Å²) in [4.78, 5) is 92.9. The molecule has 3 fully saturated rings. The van der Waals surface area contributed by atoms with E-state index in [-0.39, 0.29) is 71.0 Å². The molecule has 22 nitrogen and oxygen atoms in total. The first-order valence-corrected chi connectivity index (χ1v) is 44.4. The first-order chi connectivity index (χ1) is 58.5. The molecule has 1 saturated heterocycles. The number of amides is 2. The Kier molecular flexibility index (Phi) is 28.5. The Balaban J connectivity index is 0.000000153. The summed E-state index contributed by atoms with van der Waals surface area (Å²) in [6.45, 7) is 34.5. The molecule has 4 aromatic rings. The number of carbonyl (C=O) groups is 7. The molecule has 5 N–H and O–H groups in total. The molecule has 0 radical (unpaired) electrons. The quantitative estimate of drug-likeness (QED) is 0.0224. The highest BCUT2D eigenvalue weighted by Gasteiger charge is 2.59. The Hall–Kier alpha value is -9.29. The number of ketones is 3. The van der Waals surface area contributed by atoms with Crippen molar-refractivity contribution in [3.8, 4) is 34.5 Å². The summed E-state index contributed by atoms with van der Waals surface area (Å²) in [5, 5.41) is 50.9. The number of methoxy groups -OCH3 is 3. The minimum atomic E-state index is -1.55. The summed E-state index contributed by atoms with van der Waals surface area (Å²) in [7, 11) is 4.87. The van der Waals surface area contributed by atoms with Gasteiger partial charge in [-0.2, -0.15) is 0 Å². The van der Waals surface area contributed by atoms with Crippen LogP contribution in [-0.2, 0) is 77.0 Å². The van der Waals surface area contributed by atoms with Crippen LogP contribution in [0.3, 0.4) is 0 Å². The van der Waals surface area contributed by atoms with Crippen LogP contribution in [0.2, 0.25) is 0 Å². The fraction of sp³-hybridized carbons (Fsp3) is 0.559. The lowest BCUT2D eigenvalue weighted by Crippen LogP contribution is -2.56. The topological polar surface area (TPSA) is 301 Å². The fourth-order valence-corrected chi connectivity index (χ4v) is 21.0. The third kappa shape index (κ3) is 19.5. The van der Waals surface area contributed by atoms with Crippen LogP contribution in [0.1, 0.15) is 248 Å². The number of fused-ring (bicyclic) bond motifs is 12. The highest BCUT2D eigenvalue weighted by molar-refractivity contribution is 6.01. The summed E-state index contributed by atoms with van der Waals surface area (Å²) in [5.74, 6) is 4.76. The Labute approximate surface area is 732 Å². The van der Waals surface area contributed by atoms with Crippen LogP contribution in [0.15, 0.2) is 141 Å². The van der Waals surface area contributed by atoms with Crippen LogP contribution in [0.5, 0.6) is 34.5 Å². The number of nitrogens with zero attached hydrogens (tertiary/aromatic N) is 2. The minimum Gasteiger partial charge on any atom is -0.508 e. The number of aliphatic hydroxyl groups is 4. The van der Waals surface area contributed by atoms with Gasteiger partial charge in [0.15, 0.2) is 17.9 Å². The molecule has 2 unspecified atom stereocenters. The van der Waals surface area contributed by atoms with Crippen LogP contribution >= 0.6 is 0 Å². The van der Waals surface area contributed by atoms with E-state index in [1.165, 1.54) is 50.7 Å². The normalized spacial score (nSPS) is 29.3. The number of benzene rings is 4. The Bertz CT molecular complexity index is 4990. The van der Waals surface area contributed by atoms with Crippen molar-refractivity contribution in [2.75, 3.05) is 41.0 Å². The van der Waals surface area contributed by atoms with E-state index in [4.69, 9.17) is 37.9 Å². The summed E-state index contributed by atoms with van der Waals surface area (Å²) in [5.41, 5.74) is 14.5. The van der Waals surface area contributed by atoms with Gasteiger partial charge in [-0.3, -0.25) is 33.6 Å². The van der Waals surface area contributed by atoms with Crippen LogP contribution < -0.4 is 23.7 Å². The SMILES string of the molecule is CC(=O)OC1C=C2C3=C(C(C)C)CC[C@]3(C)C(=O)C[C@@]2(C)[C@@H](O[C@@H]2OC[C@@H](O)[C@H](O)[C@H]2O)C=C1C=O.CC1=C[C@H](O)[C@]2(C)CC[C@@]3(C)CCC(C(C)C)=C3C2CC1.COc1cc2c(c3c1CC[C@](C)(CC(=O)C=C(C)C)O3)CN(CCc1ccc(O)cc1)C2=O.COc1ccc(CCN2Cc3c(cc(OC)c4c3O[C@@](C)(CC(=O)C=C(C)C)CC4)C2=O)cc1. The molecule has 2 amide bonds. The number of rotatable bonds is 21. The molecule has 6 aliphatic carbocycles. The monoisotopic (exact) mass is 1700 g/mol. The highest BCUT2D eigenvalue weighted by atomic mass is 16.7. The van der Waals surface area contributed by atoms with Gasteiger partial charge in [-0.15, -0.1) is 0 Å². The number of carbonyl (C=O) groups excluding carboxylic acids is 7. The van der Waals surface area contributed by atoms with Gasteiger partial charge in [0.25, 0.3) is 11.8 Å². The molecule has 2 saturated carbocycles. The van der Waals surface area contributed by atoms with Crippen molar-refractivity contribution in [2.45, 2.75) is 287 Å². The predicted octanol–water partition coefficient (Wildman–Crippen LogP) is 16.3. The molecule has 124 heavy (non-hydrogen) atoms. The van der Waals surface area contributed by atoms with Crippen LogP contribution in [-0.4, -0.2) is 172 Å². The van der Waals surface area contributed by atoms with E-state index >= 15 is 0 Å². The summed E-state index contributed by atoms with van der Waals surface area (Å²) < 4.78 is 46.7. The molecule has 15 rings (SSSR count). The Morgan fingerprint density at radius 3 is 1.63 bits per heavy atom. The van der Waals surface area contributed by atoms with E-state index in [9.17, 15) is 59.1 Å². The number of Topliss-reactive ketones (excluding diaryl/α,β-unsaturated/α-hetero) is 1. The van der Waals surface area contributed by atoms with Crippen LogP contribution in [0.25, 0.3) is 0 Å². The van der Waals surface area contributed by atoms with E-state index in [1.807, 2.05) is 114 Å². The lowest BCUT2D eigenvalue weighted by molar-refractivity contribution is -0.285. The number of hydrogen-bond donors (Lipinski definition) is 5. The zero-order valence-electron chi connectivity index (χ0n) is 76.3. The average molecular weight is 1710 g/mol. The molecule has 5 aliphatic heterocycles. The standard InChI is InChI=1S/C28H33NO5.C27H31NO5.C27H36O9.C20H32O/c1-18(2)14-20(30)16-28(3)12-10-22-25(33-5)15-23-24(26(22)34-28)17-29(27(23)31)13-11-19-6-8-21(32-4)9-7-19;1-17(2)13-20(30)15-27(3)11-9-21-24(32-4)14-22-23(25(21)33-27)16-28(26(22)31)12-10-18-5-7-19(29)8-6-18;1-13(2)16-6-7-26(4)20(31)10-27(5)17(22(16)26)9-19(35-14(3)29)15(11-28)8-21(27)36-25-24(33)23(32)18(30)12-34-25;1-13(2)15-8-9-19(4)10-11-20(5)16(18(15)19)7-6-14(3)12-17(20)21/h6-9,14-15H,10-13,16-17H2,1-5H3;5-8,13-14,29H,9-12,15-16H2,1-4H3;8-9,11,13,18-19,21,23-25,30,32-33H,6-7,10,12H2,1-5H3;12-13,16-17,21H,6-11H2,1-5H3/t28-;27-;18-,19?,21+,23+,24-,25+,26-,27-;16?,17-,19+,20+/m1110/s1. The largest absolute Gasteiger partial charge is 0.508 e. The number of hydrogen-bond acceptors (Lipinski definition) is 20. The van der Waals surface area contributed by atoms with Gasteiger partial charge in [0.05, 0.1) is 69.8 Å². The molecule has 0 aromatic heterocycles. The van der Waals surface area contributed by atoms with Gasteiger partial charge >= 0.3 is 5.97 Å². The maximum Gasteiger partial charge on any atom is 0.303 e.